The minimum atomic E-state index is -0.107. The van der Waals surface area contributed by atoms with Crippen molar-refractivity contribution in [3.8, 4) is 0 Å². The van der Waals surface area contributed by atoms with Crippen LogP contribution in [-0.2, 0) is 19.5 Å². The first-order valence-electron chi connectivity index (χ1n) is 16.6. The summed E-state index contributed by atoms with van der Waals surface area (Å²) in [5.74, 6) is 0.927. The summed E-state index contributed by atoms with van der Waals surface area (Å²) in [4.78, 5) is 54.7. The Morgan fingerprint density at radius 2 is 0.979 bits per heavy atom. The number of carbonyl (C=O) groups excluding carboxylic acids is 2. The molecular formula is C37H38N6O4. The molecule has 4 aliphatic heterocycles. The summed E-state index contributed by atoms with van der Waals surface area (Å²) in [5, 5.41) is 6.12. The largest absolute Gasteiger partial charge is 0.324 e. The van der Waals surface area contributed by atoms with Crippen molar-refractivity contribution >= 4 is 23.4 Å². The molecule has 6 heterocycles. The molecule has 2 aromatic heterocycles. The predicted molar refractivity (Wildman–Crippen MR) is 180 cm³/mol. The molecule has 2 aromatic carbocycles. The Kier molecular flexibility index (Phi) is 7.42. The van der Waals surface area contributed by atoms with Crippen LogP contribution in [0.2, 0.25) is 0 Å². The fraction of sp³-hybridized carbons (Fsp3) is 0.351. The lowest BCUT2D eigenvalue weighted by Gasteiger charge is -2.42. The van der Waals surface area contributed by atoms with Gasteiger partial charge in [-0.15, -0.1) is 0 Å². The number of anilines is 2. The third kappa shape index (κ3) is 5.84. The average Bonchev–Trinajstić information content (AvgIpc) is 3.07. The third-order valence-corrected chi connectivity index (χ3v) is 10.4. The Balaban J connectivity index is 0.843. The lowest BCUT2D eigenvalue weighted by molar-refractivity contribution is 0.139. The number of rotatable bonds is 4. The molecule has 0 spiro atoms. The molecule has 0 unspecified atom stereocenters. The number of nitrogens with zero attached hydrogens (tertiary/aromatic N) is 4. The van der Waals surface area contributed by atoms with Gasteiger partial charge in [-0.05, 0) is 78.6 Å². The molecule has 4 bridgehead atoms. The van der Waals surface area contributed by atoms with Crippen molar-refractivity contribution in [1.82, 2.24) is 18.9 Å². The van der Waals surface area contributed by atoms with Crippen molar-refractivity contribution < 1.29 is 9.59 Å². The number of pyridine rings is 2. The van der Waals surface area contributed by atoms with Gasteiger partial charge < -0.3 is 29.6 Å². The number of benzene rings is 2. The van der Waals surface area contributed by atoms with Gasteiger partial charge in [0.1, 0.15) is 0 Å². The van der Waals surface area contributed by atoms with Crippen LogP contribution in [0.4, 0.5) is 21.0 Å². The van der Waals surface area contributed by atoms with Gasteiger partial charge in [0.2, 0.25) is 0 Å². The van der Waals surface area contributed by atoms with Gasteiger partial charge in [0.25, 0.3) is 11.1 Å². The van der Waals surface area contributed by atoms with E-state index in [4.69, 9.17) is 0 Å². The van der Waals surface area contributed by atoms with Crippen LogP contribution >= 0.6 is 0 Å². The zero-order chi connectivity index (χ0) is 32.1. The molecule has 4 atom stereocenters. The van der Waals surface area contributed by atoms with Crippen LogP contribution in [0.1, 0.15) is 47.2 Å². The van der Waals surface area contributed by atoms with E-state index in [-0.39, 0.29) is 46.9 Å². The van der Waals surface area contributed by atoms with Gasteiger partial charge >= 0.3 is 12.1 Å². The van der Waals surface area contributed by atoms with Crippen LogP contribution < -0.4 is 21.8 Å². The van der Waals surface area contributed by atoms with Crippen molar-refractivity contribution in [2.75, 3.05) is 36.8 Å². The molecule has 2 fully saturated rings. The van der Waals surface area contributed by atoms with Gasteiger partial charge in [0.05, 0.1) is 0 Å². The minimum Gasteiger partial charge on any atom is -0.324 e. The summed E-state index contributed by atoms with van der Waals surface area (Å²) in [6.45, 7) is 3.83. The molecule has 0 saturated carbocycles. The SMILES string of the molecule is O=C(Nc1ccc(Cc2ccc(NC(=O)N3C[C@@H]4C[C@@H](C3)c3cccc(=O)n3C4)cc2)cc1)N1C[C@H]2C[C@H](C1)c1cccc(=O)n1C2. The van der Waals surface area contributed by atoms with Crippen molar-refractivity contribution in [3.05, 3.63) is 128 Å². The molecule has 10 heteroatoms. The van der Waals surface area contributed by atoms with Crippen LogP contribution in [0.5, 0.6) is 0 Å². The summed E-state index contributed by atoms with van der Waals surface area (Å²) in [7, 11) is 0. The van der Waals surface area contributed by atoms with Gasteiger partial charge in [0.15, 0.2) is 0 Å². The molecule has 4 amide bonds. The topological polar surface area (TPSA) is 109 Å². The Morgan fingerprint density at radius 1 is 0.553 bits per heavy atom. The normalized spacial score (nSPS) is 22.6. The van der Waals surface area contributed by atoms with Gasteiger partial charge in [-0.2, -0.15) is 0 Å². The minimum absolute atomic E-state index is 0.0426. The molecule has 4 aromatic rings. The number of urea groups is 2. The maximum absolute atomic E-state index is 13.2. The molecule has 2 N–H and O–H groups in total. The van der Waals surface area contributed by atoms with E-state index in [1.54, 1.807) is 12.1 Å². The maximum atomic E-state index is 13.2. The molecule has 4 aliphatic rings. The van der Waals surface area contributed by atoms with Crippen molar-refractivity contribution in [2.24, 2.45) is 11.8 Å². The van der Waals surface area contributed by atoms with E-state index in [0.717, 1.165) is 53.2 Å². The highest BCUT2D eigenvalue weighted by molar-refractivity contribution is 5.90. The van der Waals surface area contributed by atoms with E-state index in [2.05, 4.69) is 10.6 Å². The third-order valence-electron chi connectivity index (χ3n) is 10.4. The number of fused-ring (bicyclic) bond motifs is 8. The summed E-state index contributed by atoms with van der Waals surface area (Å²) in [6, 6.07) is 26.5. The van der Waals surface area contributed by atoms with Gasteiger partial charge in [-0.25, -0.2) is 9.59 Å². The number of piperidine rings is 2. The second-order valence-electron chi connectivity index (χ2n) is 13.6. The standard InChI is InChI=1S/C37H38N6O4/c44-34-5-1-3-32-28-16-26(20-42(32)34)18-40(22-28)36(46)38-30-11-7-24(8-12-30)15-25-9-13-31(14-10-25)39-37(47)41-19-27-17-29(23-41)33-4-2-6-35(45)43(33)21-27/h1-14,26-29H,15-23H2,(H,38,46)(H,39,47)/t26-,27+,28-,29+. The number of carbonyl (C=O) groups is 2. The monoisotopic (exact) mass is 630 g/mol. The lowest BCUT2D eigenvalue weighted by Crippen LogP contribution is -2.50. The fourth-order valence-corrected chi connectivity index (χ4v) is 8.18. The van der Waals surface area contributed by atoms with Crippen molar-refractivity contribution in [1.29, 1.82) is 0 Å². The Labute approximate surface area is 272 Å². The van der Waals surface area contributed by atoms with E-state index in [1.807, 2.05) is 91.7 Å². The molecule has 2 saturated heterocycles. The van der Waals surface area contributed by atoms with E-state index < -0.39 is 0 Å². The van der Waals surface area contributed by atoms with Crippen LogP contribution in [0.15, 0.2) is 94.5 Å². The van der Waals surface area contributed by atoms with Crippen LogP contribution in [0.3, 0.4) is 0 Å². The second-order valence-corrected chi connectivity index (χ2v) is 13.6. The summed E-state index contributed by atoms with van der Waals surface area (Å²) < 4.78 is 3.75. The Bertz CT molecular complexity index is 1810. The average molecular weight is 631 g/mol. The molecule has 10 nitrogen and oxygen atoms in total. The van der Waals surface area contributed by atoms with E-state index in [9.17, 15) is 19.2 Å². The number of hydrogen-bond acceptors (Lipinski definition) is 4. The quantitative estimate of drug-likeness (QED) is 0.334. The zero-order valence-corrected chi connectivity index (χ0v) is 26.2. The zero-order valence-electron chi connectivity index (χ0n) is 26.2. The first kappa shape index (κ1) is 29.3. The van der Waals surface area contributed by atoms with Crippen LogP contribution in [-0.4, -0.2) is 57.2 Å². The predicted octanol–water partition coefficient (Wildman–Crippen LogP) is 4.90. The summed E-state index contributed by atoms with van der Waals surface area (Å²) in [6.07, 6.45) is 2.74. The van der Waals surface area contributed by atoms with E-state index >= 15 is 0 Å². The lowest BCUT2D eigenvalue weighted by atomic mass is 9.83. The molecule has 8 rings (SSSR count). The summed E-state index contributed by atoms with van der Waals surface area (Å²) in [5.41, 5.74) is 5.88. The van der Waals surface area contributed by atoms with E-state index in [1.165, 1.54) is 0 Å². The highest BCUT2D eigenvalue weighted by Crippen LogP contribution is 2.36. The van der Waals surface area contributed by atoms with Gasteiger partial charge in [-0.1, -0.05) is 36.4 Å². The molecule has 47 heavy (non-hydrogen) atoms. The first-order valence-corrected chi connectivity index (χ1v) is 16.6. The highest BCUT2D eigenvalue weighted by atomic mass is 16.2. The first-order chi connectivity index (χ1) is 22.9. The van der Waals surface area contributed by atoms with Crippen molar-refractivity contribution in [3.63, 3.8) is 0 Å². The van der Waals surface area contributed by atoms with Crippen LogP contribution in [0, 0.1) is 11.8 Å². The van der Waals surface area contributed by atoms with E-state index in [0.29, 0.717) is 39.3 Å². The Morgan fingerprint density at radius 3 is 1.40 bits per heavy atom. The Hall–Kier alpha value is -5.12. The molecule has 240 valence electrons. The number of amides is 4. The van der Waals surface area contributed by atoms with Gasteiger partial charge in [0, 0.05) is 86.0 Å². The summed E-state index contributed by atoms with van der Waals surface area (Å²) >= 11 is 0. The number of hydrogen-bond donors (Lipinski definition) is 2. The fourth-order valence-electron chi connectivity index (χ4n) is 8.18. The number of aromatic nitrogens is 2. The highest BCUT2D eigenvalue weighted by Gasteiger charge is 2.37. The maximum Gasteiger partial charge on any atom is 0.321 e. The molecule has 0 aliphatic carbocycles. The second kappa shape index (κ2) is 11.9. The van der Waals surface area contributed by atoms with Crippen molar-refractivity contribution in [2.45, 2.75) is 44.2 Å². The van der Waals surface area contributed by atoms with Crippen LogP contribution in [0.25, 0.3) is 0 Å². The number of nitrogens with one attached hydrogen (secondary N) is 2. The van der Waals surface area contributed by atoms with Gasteiger partial charge in [-0.3, -0.25) is 9.59 Å². The number of likely N-dealkylation sites (tertiary alicyclic amines) is 2. The molecule has 0 radical (unpaired) electrons. The smallest absolute Gasteiger partial charge is 0.321 e. The molecular weight excluding hydrogens is 592 g/mol.